The van der Waals surface area contributed by atoms with Gasteiger partial charge in [0.25, 0.3) is 5.91 Å². The van der Waals surface area contributed by atoms with Gasteiger partial charge in [0.1, 0.15) is 11.5 Å². The van der Waals surface area contributed by atoms with Crippen LogP contribution in [0.5, 0.6) is 5.75 Å². The highest BCUT2D eigenvalue weighted by atomic mass is 16.5. The second kappa shape index (κ2) is 6.10. The van der Waals surface area contributed by atoms with Gasteiger partial charge in [-0.1, -0.05) is 5.16 Å². The van der Waals surface area contributed by atoms with Crippen molar-refractivity contribution in [2.24, 2.45) is 0 Å². The highest BCUT2D eigenvalue weighted by Gasteiger charge is 2.10. The zero-order valence-corrected chi connectivity index (χ0v) is 11.5. The molecule has 0 bridgehead atoms. The number of carbonyl (C=O) groups excluding carboxylic acids is 1. The Bertz CT molecular complexity index is 571. The Labute approximate surface area is 116 Å². The molecule has 0 aliphatic carbocycles. The zero-order valence-electron chi connectivity index (χ0n) is 11.5. The van der Waals surface area contributed by atoms with E-state index >= 15 is 0 Å². The number of aromatic nitrogens is 1. The number of nitrogen functional groups attached to an aromatic ring is 1. The molecule has 1 heterocycles. The molecule has 0 aliphatic heterocycles. The van der Waals surface area contributed by atoms with Gasteiger partial charge in [-0.25, -0.2) is 0 Å². The average Bonchev–Trinajstić information content (AvgIpc) is 2.75. The highest BCUT2D eigenvalue weighted by Crippen LogP contribution is 2.13. The fraction of sp³-hybridized carbons (Fsp3) is 0.286. The standard InChI is InChI=1S/C14H17N3O3/c1-9-13(10(2)20-17-9)7-16-14(18)8-19-12-5-3-11(15)4-6-12/h3-6H,7-8,15H2,1-2H3,(H,16,18). The van der Waals surface area contributed by atoms with E-state index in [0.29, 0.717) is 23.7 Å². The molecule has 3 N–H and O–H groups in total. The number of benzene rings is 1. The smallest absolute Gasteiger partial charge is 0.258 e. The third-order valence-electron chi connectivity index (χ3n) is 2.89. The summed E-state index contributed by atoms with van der Waals surface area (Å²) in [7, 11) is 0. The molecule has 1 aromatic carbocycles. The second-order valence-electron chi connectivity index (χ2n) is 4.44. The van der Waals surface area contributed by atoms with E-state index < -0.39 is 0 Å². The largest absolute Gasteiger partial charge is 0.484 e. The van der Waals surface area contributed by atoms with Crippen LogP contribution in [-0.4, -0.2) is 17.7 Å². The first kappa shape index (κ1) is 13.9. The molecule has 106 valence electrons. The van der Waals surface area contributed by atoms with Crippen LogP contribution in [0.25, 0.3) is 0 Å². The molecule has 0 radical (unpaired) electrons. The van der Waals surface area contributed by atoms with Gasteiger partial charge >= 0.3 is 0 Å². The third-order valence-corrected chi connectivity index (χ3v) is 2.89. The van der Waals surface area contributed by atoms with Gasteiger partial charge in [0, 0.05) is 17.8 Å². The molecule has 6 heteroatoms. The van der Waals surface area contributed by atoms with Gasteiger partial charge in [0.2, 0.25) is 0 Å². The summed E-state index contributed by atoms with van der Waals surface area (Å²) < 4.78 is 10.4. The number of nitrogens with zero attached hydrogens (tertiary/aromatic N) is 1. The van der Waals surface area contributed by atoms with Gasteiger partial charge in [-0.3, -0.25) is 4.79 Å². The predicted molar refractivity (Wildman–Crippen MR) is 74.2 cm³/mol. The van der Waals surface area contributed by atoms with Crippen molar-refractivity contribution < 1.29 is 14.1 Å². The maximum atomic E-state index is 11.7. The molecular weight excluding hydrogens is 258 g/mol. The van der Waals surface area contributed by atoms with Crippen LogP contribution in [0, 0.1) is 13.8 Å². The number of amides is 1. The van der Waals surface area contributed by atoms with Crippen LogP contribution in [0.15, 0.2) is 28.8 Å². The van der Waals surface area contributed by atoms with Crippen molar-refractivity contribution in [3.8, 4) is 5.75 Å². The Morgan fingerprint density at radius 2 is 2.05 bits per heavy atom. The summed E-state index contributed by atoms with van der Waals surface area (Å²) >= 11 is 0. The number of hydrogen-bond donors (Lipinski definition) is 2. The Hall–Kier alpha value is -2.50. The summed E-state index contributed by atoms with van der Waals surface area (Å²) in [6, 6.07) is 6.88. The van der Waals surface area contributed by atoms with Crippen LogP contribution in [0.1, 0.15) is 17.0 Å². The molecule has 0 saturated heterocycles. The van der Waals surface area contributed by atoms with Gasteiger partial charge in [-0.05, 0) is 38.1 Å². The number of rotatable bonds is 5. The second-order valence-corrected chi connectivity index (χ2v) is 4.44. The molecule has 0 unspecified atom stereocenters. The molecule has 2 rings (SSSR count). The van der Waals surface area contributed by atoms with E-state index in [9.17, 15) is 4.79 Å². The number of aryl methyl sites for hydroxylation is 2. The summed E-state index contributed by atoms with van der Waals surface area (Å²) in [4.78, 5) is 11.7. The Kier molecular flexibility index (Phi) is 4.24. The first-order chi connectivity index (χ1) is 9.56. The van der Waals surface area contributed by atoms with Crippen molar-refractivity contribution in [3.05, 3.63) is 41.3 Å². The van der Waals surface area contributed by atoms with E-state index in [-0.39, 0.29) is 12.5 Å². The lowest BCUT2D eigenvalue weighted by atomic mass is 10.2. The first-order valence-electron chi connectivity index (χ1n) is 6.23. The molecule has 1 aromatic heterocycles. The fourth-order valence-corrected chi connectivity index (χ4v) is 1.71. The van der Waals surface area contributed by atoms with Crippen LogP contribution in [0.4, 0.5) is 5.69 Å². The average molecular weight is 275 g/mol. The van der Waals surface area contributed by atoms with Crippen molar-refractivity contribution >= 4 is 11.6 Å². The minimum atomic E-state index is -0.207. The molecule has 0 aliphatic rings. The predicted octanol–water partition coefficient (Wildman–Crippen LogP) is 1.57. The lowest BCUT2D eigenvalue weighted by molar-refractivity contribution is -0.123. The summed E-state index contributed by atoms with van der Waals surface area (Å²) in [6.07, 6.45) is 0. The number of ether oxygens (including phenoxy) is 1. The van der Waals surface area contributed by atoms with Crippen LogP contribution >= 0.6 is 0 Å². The number of nitrogens with one attached hydrogen (secondary N) is 1. The monoisotopic (exact) mass is 275 g/mol. The van der Waals surface area contributed by atoms with Gasteiger partial charge in [0.15, 0.2) is 6.61 Å². The van der Waals surface area contributed by atoms with Gasteiger partial charge < -0.3 is 20.3 Å². The van der Waals surface area contributed by atoms with Gasteiger partial charge in [-0.15, -0.1) is 0 Å². The van der Waals surface area contributed by atoms with Crippen LogP contribution < -0.4 is 15.8 Å². The van der Waals surface area contributed by atoms with Crippen molar-refractivity contribution in [2.75, 3.05) is 12.3 Å². The van der Waals surface area contributed by atoms with Crippen LogP contribution in [-0.2, 0) is 11.3 Å². The quantitative estimate of drug-likeness (QED) is 0.808. The fourth-order valence-electron chi connectivity index (χ4n) is 1.71. The Morgan fingerprint density at radius 3 is 2.65 bits per heavy atom. The summed E-state index contributed by atoms with van der Waals surface area (Å²) in [5.74, 6) is 1.11. The van der Waals surface area contributed by atoms with E-state index in [1.807, 2.05) is 13.8 Å². The summed E-state index contributed by atoms with van der Waals surface area (Å²) in [6.45, 7) is 3.98. The van der Waals surface area contributed by atoms with Gasteiger partial charge in [-0.2, -0.15) is 0 Å². The normalized spacial score (nSPS) is 10.3. The van der Waals surface area contributed by atoms with E-state index in [1.54, 1.807) is 24.3 Å². The molecule has 0 fully saturated rings. The summed E-state index contributed by atoms with van der Waals surface area (Å²) in [5.41, 5.74) is 7.89. The third kappa shape index (κ3) is 3.50. The topological polar surface area (TPSA) is 90.4 Å². The Morgan fingerprint density at radius 1 is 1.35 bits per heavy atom. The number of hydrogen-bond acceptors (Lipinski definition) is 5. The molecular formula is C14H17N3O3. The van der Waals surface area contributed by atoms with Crippen molar-refractivity contribution in [3.63, 3.8) is 0 Å². The van der Waals surface area contributed by atoms with E-state index in [0.717, 1.165) is 11.3 Å². The van der Waals surface area contributed by atoms with Crippen LogP contribution in [0.3, 0.4) is 0 Å². The zero-order chi connectivity index (χ0) is 14.5. The lowest BCUT2D eigenvalue weighted by Crippen LogP contribution is -2.28. The van der Waals surface area contributed by atoms with E-state index in [4.69, 9.17) is 15.0 Å². The number of nitrogens with two attached hydrogens (primary N) is 1. The lowest BCUT2D eigenvalue weighted by Gasteiger charge is -2.07. The van der Waals surface area contributed by atoms with Crippen molar-refractivity contribution in [2.45, 2.75) is 20.4 Å². The maximum Gasteiger partial charge on any atom is 0.258 e. The molecule has 0 atom stereocenters. The molecule has 1 amide bonds. The first-order valence-corrected chi connectivity index (χ1v) is 6.23. The molecule has 0 spiro atoms. The summed E-state index contributed by atoms with van der Waals surface area (Å²) in [5, 5.41) is 6.59. The molecule has 6 nitrogen and oxygen atoms in total. The molecule has 0 saturated carbocycles. The number of carbonyl (C=O) groups is 1. The molecule has 2 aromatic rings. The molecule has 20 heavy (non-hydrogen) atoms. The number of anilines is 1. The van der Waals surface area contributed by atoms with Crippen LogP contribution in [0.2, 0.25) is 0 Å². The van der Waals surface area contributed by atoms with E-state index in [2.05, 4.69) is 10.5 Å². The highest BCUT2D eigenvalue weighted by molar-refractivity contribution is 5.77. The van der Waals surface area contributed by atoms with Crippen molar-refractivity contribution in [1.29, 1.82) is 0 Å². The maximum absolute atomic E-state index is 11.7. The SMILES string of the molecule is Cc1noc(C)c1CNC(=O)COc1ccc(N)cc1. The van der Waals surface area contributed by atoms with Crippen molar-refractivity contribution in [1.82, 2.24) is 10.5 Å². The van der Waals surface area contributed by atoms with E-state index in [1.165, 1.54) is 0 Å². The Balaban J connectivity index is 1.80. The minimum absolute atomic E-state index is 0.0483. The minimum Gasteiger partial charge on any atom is -0.484 e. The van der Waals surface area contributed by atoms with Gasteiger partial charge in [0.05, 0.1) is 5.69 Å².